The SMILES string of the molecule is CC(C)CSC(CNC(C)(C)C)C(C)C. The number of nitrogens with one attached hydrogen (secondary N) is 1. The maximum atomic E-state index is 3.61. The van der Waals surface area contributed by atoms with E-state index in [9.17, 15) is 0 Å². The fourth-order valence-electron chi connectivity index (χ4n) is 1.21. The Kier molecular flexibility index (Phi) is 6.94. The molecule has 0 heterocycles. The number of rotatable bonds is 6. The van der Waals surface area contributed by atoms with Gasteiger partial charge in [-0.25, -0.2) is 0 Å². The quantitative estimate of drug-likeness (QED) is 0.746. The summed E-state index contributed by atoms with van der Waals surface area (Å²) in [6.07, 6.45) is 0. The van der Waals surface area contributed by atoms with Gasteiger partial charge in [-0.15, -0.1) is 0 Å². The predicted octanol–water partition coefficient (Wildman–Crippen LogP) is 3.79. The summed E-state index contributed by atoms with van der Waals surface area (Å²) in [6, 6.07) is 0. The Morgan fingerprint density at radius 3 is 1.93 bits per heavy atom. The van der Waals surface area contributed by atoms with Gasteiger partial charge in [0, 0.05) is 17.3 Å². The maximum Gasteiger partial charge on any atom is 0.0195 e. The van der Waals surface area contributed by atoms with Crippen LogP contribution in [-0.4, -0.2) is 23.1 Å². The molecule has 0 saturated carbocycles. The Labute approximate surface area is 101 Å². The molecule has 0 rings (SSSR count). The van der Waals surface area contributed by atoms with Gasteiger partial charge in [0.1, 0.15) is 0 Å². The lowest BCUT2D eigenvalue weighted by Gasteiger charge is -2.27. The molecule has 1 nitrogen and oxygen atoms in total. The zero-order valence-electron chi connectivity index (χ0n) is 11.6. The Morgan fingerprint density at radius 2 is 1.60 bits per heavy atom. The molecule has 0 aromatic heterocycles. The first-order valence-corrected chi connectivity index (χ1v) is 7.14. The second-order valence-electron chi connectivity index (χ2n) is 6.14. The molecule has 0 aromatic carbocycles. The summed E-state index contributed by atoms with van der Waals surface area (Å²) in [4.78, 5) is 0. The normalized spacial score (nSPS) is 15.0. The van der Waals surface area contributed by atoms with Crippen LogP contribution in [0, 0.1) is 11.8 Å². The molecule has 92 valence electrons. The average molecular weight is 231 g/mol. The van der Waals surface area contributed by atoms with Crippen LogP contribution in [-0.2, 0) is 0 Å². The lowest BCUT2D eigenvalue weighted by Crippen LogP contribution is -2.41. The molecule has 0 aliphatic rings. The van der Waals surface area contributed by atoms with Gasteiger partial charge in [-0.05, 0) is 38.4 Å². The number of thioether (sulfide) groups is 1. The van der Waals surface area contributed by atoms with Crippen molar-refractivity contribution in [2.75, 3.05) is 12.3 Å². The van der Waals surface area contributed by atoms with Gasteiger partial charge in [0.25, 0.3) is 0 Å². The van der Waals surface area contributed by atoms with E-state index in [1.165, 1.54) is 5.75 Å². The molecule has 0 aliphatic carbocycles. The molecule has 0 aliphatic heterocycles. The zero-order chi connectivity index (χ0) is 12.1. The van der Waals surface area contributed by atoms with E-state index in [0.717, 1.165) is 23.6 Å². The highest BCUT2D eigenvalue weighted by Crippen LogP contribution is 2.21. The third-order valence-electron chi connectivity index (χ3n) is 2.22. The van der Waals surface area contributed by atoms with E-state index in [1.807, 2.05) is 0 Å². The summed E-state index contributed by atoms with van der Waals surface area (Å²) in [5, 5.41) is 4.35. The van der Waals surface area contributed by atoms with Crippen LogP contribution >= 0.6 is 11.8 Å². The van der Waals surface area contributed by atoms with Crippen LogP contribution in [0.5, 0.6) is 0 Å². The Morgan fingerprint density at radius 1 is 1.07 bits per heavy atom. The monoisotopic (exact) mass is 231 g/mol. The van der Waals surface area contributed by atoms with E-state index in [-0.39, 0.29) is 5.54 Å². The highest BCUT2D eigenvalue weighted by molar-refractivity contribution is 7.99. The summed E-state index contributed by atoms with van der Waals surface area (Å²) in [5.74, 6) is 2.82. The van der Waals surface area contributed by atoms with Crippen molar-refractivity contribution in [3.05, 3.63) is 0 Å². The summed E-state index contributed by atoms with van der Waals surface area (Å²) in [6.45, 7) is 17.1. The average Bonchev–Trinajstić information content (AvgIpc) is 2.00. The first-order valence-electron chi connectivity index (χ1n) is 6.09. The standard InChI is InChI=1S/C13H29NS/c1-10(2)9-15-12(11(3)4)8-14-13(5,6)7/h10-12,14H,8-9H2,1-7H3. The molecule has 0 spiro atoms. The van der Waals surface area contributed by atoms with Gasteiger partial charge in [0.15, 0.2) is 0 Å². The van der Waals surface area contributed by atoms with Crippen LogP contribution in [0.4, 0.5) is 0 Å². The molecule has 0 saturated heterocycles. The molecule has 1 atom stereocenters. The van der Waals surface area contributed by atoms with E-state index >= 15 is 0 Å². The number of hydrogen-bond donors (Lipinski definition) is 1. The van der Waals surface area contributed by atoms with E-state index in [1.54, 1.807) is 0 Å². The van der Waals surface area contributed by atoms with E-state index in [0.29, 0.717) is 0 Å². The van der Waals surface area contributed by atoms with Crippen LogP contribution in [0.2, 0.25) is 0 Å². The Bertz CT molecular complexity index is 158. The van der Waals surface area contributed by atoms with Crippen LogP contribution in [0.25, 0.3) is 0 Å². The molecule has 0 bridgehead atoms. The zero-order valence-corrected chi connectivity index (χ0v) is 12.4. The van der Waals surface area contributed by atoms with Crippen molar-refractivity contribution >= 4 is 11.8 Å². The number of hydrogen-bond acceptors (Lipinski definition) is 2. The van der Waals surface area contributed by atoms with Crippen molar-refractivity contribution in [3.8, 4) is 0 Å². The van der Waals surface area contributed by atoms with Gasteiger partial charge >= 0.3 is 0 Å². The summed E-state index contributed by atoms with van der Waals surface area (Å²) in [7, 11) is 0. The Hall–Kier alpha value is 0.310. The van der Waals surface area contributed by atoms with Crippen LogP contribution in [0.15, 0.2) is 0 Å². The molecule has 2 heteroatoms. The predicted molar refractivity (Wildman–Crippen MR) is 73.7 cm³/mol. The van der Waals surface area contributed by atoms with Crippen molar-refractivity contribution in [3.63, 3.8) is 0 Å². The summed E-state index contributed by atoms with van der Waals surface area (Å²) < 4.78 is 0. The maximum absolute atomic E-state index is 3.61. The van der Waals surface area contributed by atoms with Crippen LogP contribution in [0.1, 0.15) is 48.5 Å². The van der Waals surface area contributed by atoms with Crippen molar-refractivity contribution in [1.29, 1.82) is 0 Å². The van der Waals surface area contributed by atoms with Gasteiger partial charge < -0.3 is 5.32 Å². The van der Waals surface area contributed by atoms with Gasteiger partial charge in [-0.2, -0.15) is 11.8 Å². The molecule has 0 amide bonds. The largest absolute Gasteiger partial charge is 0.311 e. The van der Waals surface area contributed by atoms with Crippen LogP contribution < -0.4 is 5.32 Å². The molecule has 0 fully saturated rings. The molecule has 1 N–H and O–H groups in total. The van der Waals surface area contributed by atoms with Crippen molar-refractivity contribution in [2.24, 2.45) is 11.8 Å². The molecular weight excluding hydrogens is 202 g/mol. The van der Waals surface area contributed by atoms with Crippen LogP contribution in [0.3, 0.4) is 0 Å². The molecule has 15 heavy (non-hydrogen) atoms. The minimum atomic E-state index is 0.242. The summed E-state index contributed by atoms with van der Waals surface area (Å²) in [5.41, 5.74) is 0.242. The lowest BCUT2D eigenvalue weighted by molar-refractivity contribution is 0.407. The van der Waals surface area contributed by atoms with Crippen molar-refractivity contribution in [1.82, 2.24) is 5.32 Å². The molecular formula is C13H29NS. The van der Waals surface area contributed by atoms with Gasteiger partial charge in [0.05, 0.1) is 0 Å². The molecule has 0 radical (unpaired) electrons. The second-order valence-corrected chi connectivity index (χ2v) is 7.41. The lowest BCUT2D eigenvalue weighted by atomic mass is 10.1. The second kappa shape index (κ2) is 6.80. The topological polar surface area (TPSA) is 12.0 Å². The van der Waals surface area contributed by atoms with Gasteiger partial charge in [-0.3, -0.25) is 0 Å². The fraction of sp³-hybridized carbons (Fsp3) is 1.00. The van der Waals surface area contributed by atoms with Crippen molar-refractivity contribution in [2.45, 2.75) is 59.3 Å². The third-order valence-corrected chi connectivity index (χ3v) is 4.22. The van der Waals surface area contributed by atoms with E-state index < -0.39 is 0 Å². The van der Waals surface area contributed by atoms with E-state index in [4.69, 9.17) is 0 Å². The highest BCUT2D eigenvalue weighted by atomic mass is 32.2. The molecule has 0 aromatic rings. The highest BCUT2D eigenvalue weighted by Gasteiger charge is 2.17. The molecule has 1 unspecified atom stereocenters. The third kappa shape index (κ3) is 9.25. The Balaban J connectivity index is 3.95. The van der Waals surface area contributed by atoms with Gasteiger partial charge in [0.2, 0.25) is 0 Å². The van der Waals surface area contributed by atoms with E-state index in [2.05, 4.69) is 65.5 Å². The van der Waals surface area contributed by atoms with Crippen molar-refractivity contribution < 1.29 is 0 Å². The van der Waals surface area contributed by atoms with Gasteiger partial charge in [-0.1, -0.05) is 27.7 Å². The fourth-order valence-corrected chi connectivity index (χ4v) is 2.43. The first kappa shape index (κ1) is 15.3. The minimum absolute atomic E-state index is 0.242. The summed E-state index contributed by atoms with van der Waals surface area (Å²) >= 11 is 2.12. The minimum Gasteiger partial charge on any atom is -0.311 e. The first-order chi connectivity index (χ1) is 6.72. The smallest absolute Gasteiger partial charge is 0.0195 e.